The van der Waals surface area contributed by atoms with E-state index in [0.29, 0.717) is 17.9 Å². The molecule has 1 aromatic heterocycles. The molecule has 3 heteroatoms. The molecule has 3 rings (SSSR count). The lowest BCUT2D eigenvalue weighted by atomic mass is 9.74. The normalized spacial score (nSPS) is 26.2. The molecule has 0 saturated heterocycles. The number of nitrogens with zero attached hydrogens (tertiary/aromatic N) is 3. The Bertz CT molecular complexity index is 573. The predicted octanol–water partition coefficient (Wildman–Crippen LogP) is 4.58. The molecule has 3 atom stereocenters. The molecule has 2 aromatic rings. The van der Waals surface area contributed by atoms with Crippen molar-refractivity contribution in [2.24, 2.45) is 17.8 Å². The molecule has 0 radical (unpaired) electrons. The molecule has 0 spiro atoms. The first-order chi connectivity index (χ1) is 10.1. The number of benzene rings is 1. The summed E-state index contributed by atoms with van der Waals surface area (Å²) >= 11 is 0. The van der Waals surface area contributed by atoms with Crippen LogP contribution in [-0.4, -0.2) is 15.0 Å². The Balaban J connectivity index is 1.87. The Labute approximate surface area is 127 Å². The Morgan fingerprint density at radius 3 is 2.62 bits per heavy atom. The average molecular weight is 283 g/mol. The van der Waals surface area contributed by atoms with E-state index in [1.807, 2.05) is 18.2 Å². The highest BCUT2D eigenvalue weighted by Crippen LogP contribution is 2.40. The Morgan fingerprint density at radius 1 is 1.14 bits per heavy atom. The van der Waals surface area contributed by atoms with Gasteiger partial charge in [-0.3, -0.25) is 0 Å². The summed E-state index contributed by atoms with van der Waals surface area (Å²) in [6.45, 7) is 7.03. The zero-order valence-corrected chi connectivity index (χ0v) is 13.2. The van der Waals surface area contributed by atoms with E-state index in [1.54, 1.807) is 0 Å². The monoisotopic (exact) mass is 283 g/mol. The zero-order valence-electron chi connectivity index (χ0n) is 13.2. The third kappa shape index (κ3) is 3.02. The van der Waals surface area contributed by atoms with E-state index in [2.05, 4.69) is 54.1 Å². The molecule has 0 aliphatic heterocycles. The maximum Gasteiger partial charge on any atom is 0.113 e. The van der Waals surface area contributed by atoms with Gasteiger partial charge in [0, 0.05) is 5.56 Å². The molecule has 1 aliphatic carbocycles. The average Bonchev–Trinajstić information content (AvgIpc) is 2.97. The van der Waals surface area contributed by atoms with Crippen molar-refractivity contribution in [3.8, 4) is 11.3 Å². The second-order valence-electron chi connectivity index (χ2n) is 6.84. The van der Waals surface area contributed by atoms with Crippen LogP contribution >= 0.6 is 0 Å². The van der Waals surface area contributed by atoms with Gasteiger partial charge in [-0.2, -0.15) is 0 Å². The number of hydrogen-bond donors (Lipinski definition) is 0. The minimum absolute atomic E-state index is 0.499. The quantitative estimate of drug-likeness (QED) is 0.825. The van der Waals surface area contributed by atoms with Gasteiger partial charge < -0.3 is 0 Å². The first-order valence-electron chi connectivity index (χ1n) is 8.12. The molecule has 21 heavy (non-hydrogen) atoms. The molecule has 0 N–H and O–H groups in total. The Kier molecular flexibility index (Phi) is 4.09. The third-order valence-electron chi connectivity index (χ3n) is 4.91. The van der Waals surface area contributed by atoms with Gasteiger partial charge in [-0.05, 0) is 30.6 Å². The van der Waals surface area contributed by atoms with Gasteiger partial charge in [0.1, 0.15) is 5.69 Å². The van der Waals surface area contributed by atoms with Gasteiger partial charge in [0.05, 0.1) is 12.2 Å². The van der Waals surface area contributed by atoms with Crippen LogP contribution in [0.2, 0.25) is 0 Å². The van der Waals surface area contributed by atoms with Gasteiger partial charge in [-0.1, -0.05) is 62.7 Å². The SMILES string of the molecule is CC(C)[C@@H]1CC[C@@H](C)C[C@H]1n1cc(-c2ccccc2)nn1. The lowest BCUT2D eigenvalue weighted by Crippen LogP contribution is -2.30. The van der Waals surface area contributed by atoms with Crippen LogP contribution in [0.1, 0.15) is 46.1 Å². The van der Waals surface area contributed by atoms with Crippen molar-refractivity contribution >= 4 is 0 Å². The summed E-state index contributed by atoms with van der Waals surface area (Å²) in [5, 5.41) is 8.84. The number of hydrogen-bond acceptors (Lipinski definition) is 2. The third-order valence-corrected chi connectivity index (χ3v) is 4.91. The largest absolute Gasteiger partial charge is 0.249 e. The molecule has 0 unspecified atom stereocenters. The van der Waals surface area contributed by atoms with Gasteiger partial charge in [-0.25, -0.2) is 4.68 Å². The number of aromatic nitrogens is 3. The molecule has 0 amide bonds. The minimum Gasteiger partial charge on any atom is -0.249 e. The van der Waals surface area contributed by atoms with Gasteiger partial charge >= 0.3 is 0 Å². The molecular formula is C18H25N3. The summed E-state index contributed by atoms with van der Waals surface area (Å²) < 4.78 is 2.13. The van der Waals surface area contributed by atoms with Crippen molar-refractivity contribution in [1.82, 2.24) is 15.0 Å². The lowest BCUT2D eigenvalue weighted by Gasteiger charge is -2.37. The van der Waals surface area contributed by atoms with Crippen molar-refractivity contribution in [3.63, 3.8) is 0 Å². The van der Waals surface area contributed by atoms with Gasteiger partial charge in [0.25, 0.3) is 0 Å². The van der Waals surface area contributed by atoms with Crippen molar-refractivity contribution in [2.45, 2.75) is 46.1 Å². The first-order valence-corrected chi connectivity index (χ1v) is 8.12. The van der Waals surface area contributed by atoms with Crippen molar-refractivity contribution in [2.75, 3.05) is 0 Å². The zero-order chi connectivity index (χ0) is 14.8. The van der Waals surface area contributed by atoms with Crippen LogP contribution in [0.3, 0.4) is 0 Å². The molecule has 3 nitrogen and oxygen atoms in total. The van der Waals surface area contributed by atoms with Crippen LogP contribution in [0.5, 0.6) is 0 Å². The Hall–Kier alpha value is -1.64. The smallest absolute Gasteiger partial charge is 0.113 e. The summed E-state index contributed by atoms with van der Waals surface area (Å²) in [7, 11) is 0. The van der Waals surface area contributed by atoms with Crippen LogP contribution in [0.4, 0.5) is 0 Å². The highest BCUT2D eigenvalue weighted by molar-refractivity contribution is 5.57. The van der Waals surface area contributed by atoms with E-state index < -0.39 is 0 Å². The fourth-order valence-corrected chi connectivity index (χ4v) is 3.64. The van der Waals surface area contributed by atoms with E-state index in [1.165, 1.54) is 19.3 Å². The molecule has 0 bridgehead atoms. The van der Waals surface area contributed by atoms with Crippen molar-refractivity contribution in [1.29, 1.82) is 0 Å². The highest BCUT2D eigenvalue weighted by Gasteiger charge is 2.32. The van der Waals surface area contributed by atoms with Gasteiger partial charge in [-0.15, -0.1) is 5.10 Å². The van der Waals surface area contributed by atoms with Crippen molar-refractivity contribution in [3.05, 3.63) is 36.5 Å². The van der Waals surface area contributed by atoms with Crippen LogP contribution in [0, 0.1) is 17.8 Å². The first kappa shape index (κ1) is 14.3. The summed E-state index contributed by atoms with van der Waals surface area (Å²) in [6, 6.07) is 10.8. The standard InChI is InChI=1S/C18H25N3/c1-13(2)16-10-9-14(3)11-18(16)21-12-17(19-20-21)15-7-5-4-6-8-15/h4-8,12-14,16,18H,9-11H2,1-3H3/t14-,16+,18-/m1/s1. The van der Waals surface area contributed by atoms with Gasteiger partial charge in [0.2, 0.25) is 0 Å². The molecular weight excluding hydrogens is 258 g/mol. The van der Waals surface area contributed by atoms with E-state index in [0.717, 1.165) is 17.2 Å². The summed E-state index contributed by atoms with van der Waals surface area (Å²) in [4.78, 5) is 0. The van der Waals surface area contributed by atoms with Crippen LogP contribution < -0.4 is 0 Å². The molecule has 112 valence electrons. The number of rotatable bonds is 3. The summed E-state index contributed by atoms with van der Waals surface area (Å²) in [6.07, 6.45) is 6.01. The van der Waals surface area contributed by atoms with E-state index in [9.17, 15) is 0 Å². The topological polar surface area (TPSA) is 30.7 Å². The van der Waals surface area contributed by atoms with E-state index >= 15 is 0 Å². The van der Waals surface area contributed by atoms with Crippen LogP contribution in [-0.2, 0) is 0 Å². The summed E-state index contributed by atoms with van der Waals surface area (Å²) in [5.74, 6) is 2.20. The highest BCUT2D eigenvalue weighted by atomic mass is 15.4. The van der Waals surface area contributed by atoms with E-state index in [-0.39, 0.29) is 0 Å². The second-order valence-corrected chi connectivity index (χ2v) is 6.84. The molecule has 1 fully saturated rings. The molecule has 1 heterocycles. The minimum atomic E-state index is 0.499. The fourth-order valence-electron chi connectivity index (χ4n) is 3.64. The Morgan fingerprint density at radius 2 is 1.90 bits per heavy atom. The van der Waals surface area contributed by atoms with Crippen LogP contribution in [0.25, 0.3) is 11.3 Å². The molecule has 1 saturated carbocycles. The van der Waals surface area contributed by atoms with E-state index in [4.69, 9.17) is 0 Å². The lowest BCUT2D eigenvalue weighted by molar-refractivity contribution is 0.137. The summed E-state index contributed by atoms with van der Waals surface area (Å²) in [5.41, 5.74) is 2.13. The van der Waals surface area contributed by atoms with Gasteiger partial charge in [0.15, 0.2) is 0 Å². The molecule has 1 aliphatic rings. The fraction of sp³-hybridized carbons (Fsp3) is 0.556. The maximum absolute atomic E-state index is 4.45. The second kappa shape index (κ2) is 6.00. The maximum atomic E-state index is 4.45. The van der Waals surface area contributed by atoms with Crippen molar-refractivity contribution < 1.29 is 0 Å². The predicted molar refractivity (Wildman–Crippen MR) is 85.8 cm³/mol. The molecule has 1 aromatic carbocycles. The van der Waals surface area contributed by atoms with Crippen LogP contribution in [0.15, 0.2) is 36.5 Å².